The maximum Gasteiger partial charge on any atom is 0.240 e. The third-order valence-electron chi connectivity index (χ3n) is 3.86. The van der Waals surface area contributed by atoms with Crippen molar-refractivity contribution in [1.29, 1.82) is 0 Å². The molecule has 0 aromatic heterocycles. The molecule has 0 atom stereocenters. The van der Waals surface area contributed by atoms with Gasteiger partial charge in [0.2, 0.25) is 15.9 Å². The Hall–Kier alpha value is -1.60. The van der Waals surface area contributed by atoms with Gasteiger partial charge in [0.25, 0.3) is 0 Å². The monoisotopic (exact) mass is 340 g/mol. The Morgan fingerprint density at radius 3 is 2.48 bits per heavy atom. The number of hydrogen-bond acceptors (Lipinski definition) is 4. The highest BCUT2D eigenvalue weighted by Crippen LogP contribution is 2.30. The Morgan fingerprint density at radius 1 is 1.26 bits per heavy atom. The number of sulfonamides is 1. The molecule has 0 unspecified atom stereocenters. The number of carbonyl (C=O) groups is 1. The molecule has 0 aliphatic heterocycles. The minimum absolute atomic E-state index is 0.00578. The van der Waals surface area contributed by atoms with E-state index in [9.17, 15) is 13.2 Å². The standard InChI is InChI=1S/C16H24N2O4S/c1-11(2)18-23(20,21)13-8-9-15(22-3)14(10-13)17-16(19)12-6-4-5-7-12/h8-12,18H,4-7H2,1-3H3,(H,17,19). The second-order valence-corrected chi connectivity index (χ2v) is 7.82. The Balaban J connectivity index is 2.26. The summed E-state index contributed by atoms with van der Waals surface area (Å²) in [6, 6.07) is 4.25. The molecule has 2 N–H and O–H groups in total. The Bertz CT molecular complexity index is 665. The molecular weight excluding hydrogens is 316 g/mol. The largest absolute Gasteiger partial charge is 0.495 e. The molecule has 128 valence electrons. The lowest BCUT2D eigenvalue weighted by Crippen LogP contribution is -2.30. The molecule has 7 heteroatoms. The van der Waals surface area contributed by atoms with Crippen LogP contribution in [0.15, 0.2) is 23.1 Å². The summed E-state index contributed by atoms with van der Waals surface area (Å²) >= 11 is 0. The van der Waals surface area contributed by atoms with E-state index in [1.165, 1.54) is 19.2 Å². The number of ether oxygens (including phenoxy) is 1. The van der Waals surface area contributed by atoms with Crippen LogP contribution in [-0.2, 0) is 14.8 Å². The van der Waals surface area contributed by atoms with Crippen molar-refractivity contribution in [3.8, 4) is 5.75 Å². The zero-order chi connectivity index (χ0) is 17.0. The highest BCUT2D eigenvalue weighted by Gasteiger charge is 2.24. The minimum atomic E-state index is -3.62. The zero-order valence-electron chi connectivity index (χ0n) is 13.8. The van der Waals surface area contributed by atoms with Gasteiger partial charge in [-0.3, -0.25) is 4.79 Å². The summed E-state index contributed by atoms with van der Waals surface area (Å²) in [5.74, 6) is 0.362. The quantitative estimate of drug-likeness (QED) is 0.833. The lowest BCUT2D eigenvalue weighted by Gasteiger charge is -2.15. The molecule has 0 spiro atoms. The number of rotatable bonds is 6. The summed E-state index contributed by atoms with van der Waals surface area (Å²) in [6.07, 6.45) is 3.87. The molecule has 1 amide bonds. The van der Waals surface area contributed by atoms with Crippen LogP contribution in [0, 0.1) is 5.92 Å². The van der Waals surface area contributed by atoms with Crippen molar-refractivity contribution in [2.75, 3.05) is 12.4 Å². The summed E-state index contributed by atoms with van der Waals surface area (Å²) in [4.78, 5) is 12.4. The van der Waals surface area contributed by atoms with Crippen molar-refractivity contribution in [3.05, 3.63) is 18.2 Å². The molecule has 0 radical (unpaired) electrons. The van der Waals surface area contributed by atoms with Gasteiger partial charge >= 0.3 is 0 Å². The van der Waals surface area contributed by atoms with E-state index in [4.69, 9.17) is 4.74 Å². The van der Waals surface area contributed by atoms with Crippen molar-refractivity contribution in [2.24, 2.45) is 5.92 Å². The van der Waals surface area contributed by atoms with Gasteiger partial charge in [-0.15, -0.1) is 0 Å². The van der Waals surface area contributed by atoms with Crippen molar-refractivity contribution in [3.63, 3.8) is 0 Å². The molecule has 23 heavy (non-hydrogen) atoms. The minimum Gasteiger partial charge on any atom is -0.495 e. The van der Waals surface area contributed by atoms with Gasteiger partial charge in [0, 0.05) is 12.0 Å². The highest BCUT2D eigenvalue weighted by atomic mass is 32.2. The summed E-state index contributed by atoms with van der Waals surface area (Å²) in [7, 11) is -2.13. The highest BCUT2D eigenvalue weighted by molar-refractivity contribution is 7.89. The number of benzene rings is 1. The lowest BCUT2D eigenvalue weighted by molar-refractivity contribution is -0.119. The number of methoxy groups -OCH3 is 1. The maximum absolute atomic E-state index is 12.3. The average Bonchev–Trinajstić information content (AvgIpc) is 3.00. The van der Waals surface area contributed by atoms with Crippen LogP contribution in [0.2, 0.25) is 0 Å². The molecule has 1 saturated carbocycles. The predicted octanol–water partition coefficient (Wildman–Crippen LogP) is 2.51. The van der Waals surface area contributed by atoms with Crippen LogP contribution < -0.4 is 14.8 Å². The van der Waals surface area contributed by atoms with Crippen molar-refractivity contribution in [2.45, 2.75) is 50.5 Å². The molecule has 1 aromatic rings. The number of carbonyl (C=O) groups excluding carboxylic acids is 1. The molecule has 0 heterocycles. The van der Waals surface area contributed by atoms with Gasteiger partial charge < -0.3 is 10.1 Å². The van der Waals surface area contributed by atoms with Crippen LogP contribution in [-0.4, -0.2) is 27.5 Å². The average molecular weight is 340 g/mol. The van der Waals surface area contributed by atoms with Crippen LogP contribution in [0.3, 0.4) is 0 Å². The molecule has 1 aliphatic carbocycles. The Kier molecular flexibility index (Phi) is 5.64. The fraction of sp³-hybridized carbons (Fsp3) is 0.562. The van der Waals surface area contributed by atoms with E-state index in [0.29, 0.717) is 11.4 Å². The summed E-state index contributed by atoms with van der Waals surface area (Å²) in [5, 5.41) is 2.81. The molecule has 6 nitrogen and oxygen atoms in total. The Morgan fingerprint density at radius 2 is 1.91 bits per heavy atom. The van der Waals surface area contributed by atoms with E-state index < -0.39 is 10.0 Å². The summed E-state index contributed by atoms with van der Waals surface area (Å²) in [6.45, 7) is 3.51. The first-order valence-corrected chi connectivity index (χ1v) is 9.33. The normalized spacial score (nSPS) is 15.8. The molecular formula is C16H24N2O4S. The lowest BCUT2D eigenvalue weighted by atomic mass is 10.1. The fourth-order valence-corrected chi connectivity index (χ4v) is 4.03. The first kappa shape index (κ1) is 17.7. The number of amides is 1. The van der Waals surface area contributed by atoms with Crippen LogP contribution in [0.1, 0.15) is 39.5 Å². The van der Waals surface area contributed by atoms with E-state index in [0.717, 1.165) is 25.7 Å². The van der Waals surface area contributed by atoms with Gasteiger partial charge in [-0.25, -0.2) is 13.1 Å². The first-order valence-electron chi connectivity index (χ1n) is 7.84. The molecule has 1 aliphatic rings. The van der Waals surface area contributed by atoms with Gasteiger partial charge in [-0.1, -0.05) is 12.8 Å². The molecule has 0 saturated heterocycles. The summed E-state index contributed by atoms with van der Waals surface area (Å²) in [5.41, 5.74) is 0.385. The number of nitrogens with one attached hydrogen (secondary N) is 2. The van der Waals surface area contributed by atoms with E-state index in [-0.39, 0.29) is 22.8 Å². The molecule has 2 rings (SSSR count). The molecule has 0 bridgehead atoms. The van der Waals surface area contributed by atoms with Crippen molar-refractivity contribution in [1.82, 2.24) is 4.72 Å². The van der Waals surface area contributed by atoms with E-state index >= 15 is 0 Å². The second kappa shape index (κ2) is 7.31. The topological polar surface area (TPSA) is 84.5 Å². The van der Waals surface area contributed by atoms with Crippen LogP contribution >= 0.6 is 0 Å². The SMILES string of the molecule is COc1ccc(S(=O)(=O)NC(C)C)cc1NC(=O)C1CCCC1. The van der Waals surface area contributed by atoms with Gasteiger partial charge in [0.1, 0.15) is 5.75 Å². The van der Waals surface area contributed by atoms with Crippen LogP contribution in [0.5, 0.6) is 5.75 Å². The fourth-order valence-electron chi connectivity index (χ4n) is 2.75. The van der Waals surface area contributed by atoms with E-state index in [1.807, 2.05) is 0 Å². The third-order valence-corrected chi connectivity index (χ3v) is 5.51. The molecule has 1 aromatic carbocycles. The Labute approximate surface area is 137 Å². The van der Waals surface area contributed by atoms with Gasteiger partial charge in [0.15, 0.2) is 0 Å². The number of hydrogen-bond donors (Lipinski definition) is 2. The van der Waals surface area contributed by atoms with E-state index in [2.05, 4.69) is 10.0 Å². The van der Waals surface area contributed by atoms with Gasteiger partial charge in [0.05, 0.1) is 17.7 Å². The second-order valence-electron chi connectivity index (χ2n) is 6.11. The van der Waals surface area contributed by atoms with Crippen molar-refractivity contribution >= 4 is 21.6 Å². The third kappa shape index (κ3) is 4.45. The summed E-state index contributed by atoms with van der Waals surface area (Å²) < 4.78 is 32.3. The van der Waals surface area contributed by atoms with E-state index in [1.54, 1.807) is 19.9 Å². The first-order chi connectivity index (χ1) is 10.8. The van der Waals surface area contributed by atoms with Gasteiger partial charge in [-0.2, -0.15) is 0 Å². The molecule has 1 fully saturated rings. The maximum atomic E-state index is 12.3. The number of anilines is 1. The van der Waals surface area contributed by atoms with Crippen LogP contribution in [0.25, 0.3) is 0 Å². The van der Waals surface area contributed by atoms with Gasteiger partial charge in [-0.05, 0) is 44.9 Å². The predicted molar refractivity (Wildman–Crippen MR) is 89.0 cm³/mol. The van der Waals surface area contributed by atoms with Crippen molar-refractivity contribution < 1.29 is 17.9 Å². The smallest absolute Gasteiger partial charge is 0.240 e. The van der Waals surface area contributed by atoms with Crippen LogP contribution in [0.4, 0.5) is 5.69 Å². The zero-order valence-corrected chi connectivity index (χ0v) is 14.6.